The van der Waals surface area contributed by atoms with E-state index < -0.39 is 11.5 Å². The summed E-state index contributed by atoms with van der Waals surface area (Å²) in [5, 5.41) is 21.8. The number of rotatable bonds is 1. The predicted molar refractivity (Wildman–Crippen MR) is 88.5 cm³/mol. The van der Waals surface area contributed by atoms with Gasteiger partial charge in [0.05, 0.1) is 5.56 Å². The van der Waals surface area contributed by atoms with Gasteiger partial charge in [-0.05, 0) is 25.0 Å². The van der Waals surface area contributed by atoms with E-state index in [-0.39, 0.29) is 11.8 Å². The second-order valence-corrected chi connectivity index (χ2v) is 6.65. The van der Waals surface area contributed by atoms with E-state index in [1.807, 2.05) is 0 Å². The van der Waals surface area contributed by atoms with Gasteiger partial charge < -0.3 is 25.4 Å². The van der Waals surface area contributed by atoms with Crippen LogP contribution >= 0.6 is 0 Å². The molecule has 2 aromatic heterocycles. The van der Waals surface area contributed by atoms with E-state index in [9.17, 15) is 19.8 Å². The summed E-state index contributed by atoms with van der Waals surface area (Å²) >= 11 is 0. The molecule has 0 radical (unpaired) electrons. The van der Waals surface area contributed by atoms with Crippen LogP contribution in [-0.4, -0.2) is 56.7 Å². The first kappa shape index (κ1) is 15.5. The SMILES string of the molecule is O=C1NCC2(CCCN(C(=O)O)C2)c2[nH]c(-c3ccnc(O)c3)cc21. The number of hydrogen-bond donors (Lipinski definition) is 4. The first-order chi connectivity index (χ1) is 12.0. The summed E-state index contributed by atoms with van der Waals surface area (Å²) in [6, 6.07) is 5.01. The molecular formula is C17H18N4O4. The smallest absolute Gasteiger partial charge is 0.407 e. The fourth-order valence-corrected chi connectivity index (χ4v) is 3.87. The van der Waals surface area contributed by atoms with Gasteiger partial charge in [-0.1, -0.05) is 0 Å². The molecule has 2 aliphatic rings. The van der Waals surface area contributed by atoms with Gasteiger partial charge in [-0.15, -0.1) is 0 Å². The standard InChI is InChI=1S/C17H18N4O4/c22-13-6-10(2-4-18-13)12-7-11-14(20-12)17(8-19-15(11)23)3-1-5-21(9-17)16(24)25/h2,4,6-7,20H,1,3,5,8-9H2,(H,18,22)(H,19,23)(H,24,25). The van der Waals surface area contributed by atoms with Crippen molar-refractivity contribution in [2.45, 2.75) is 18.3 Å². The number of amides is 2. The van der Waals surface area contributed by atoms with Crippen molar-refractivity contribution >= 4 is 12.0 Å². The first-order valence-electron chi connectivity index (χ1n) is 8.13. The van der Waals surface area contributed by atoms with Crippen LogP contribution in [0.1, 0.15) is 28.9 Å². The van der Waals surface area contributed by atoms with Crippen LogP contribution in [0.5, 0.6) is 5.88 Å². The zero-order valence-electron chi connectivity index (χ0n) is 13.5. The van der Waals surface area contributed by atoms with Crippen LogP contribution in [0, 0.1) is 0 Å². The number of hydrogen-bond acceptors (Lipinski definition) is 4. The Morgan fingerprint density at radius 3 is 2.96 bits per heavy atom. The minimum atomic E-state index is -0.941. The molecule has 2 aliphatic heterocycles. The highest BCUT2D eigenvalue weighted by atomic mass is 16.4. The van der Waals surface area contributed by atoms with E-state index in [1.54, 1.807) is 12.1 Å². The van der Waals surface area contributed by atoms with Gasteiger partial charge in [-0.25, -0.2) is 9.78 Å². The molecule has 1 fully saturated rings. The quantitative estimate of drug-likeness (QED) is 0.627. The lowest BCUT2D eigenvalue weighted by Crippen LogP contribution is -2.56. The zero-order chi connectivity index (χ0) is 17.6. The molecule has 0 saturated carbocycles. The van der Waals surface area contributed by atoms with Gasteiger partial charge >= 0.3 is 6.09 Å². The molecule has 130 valence electrons. The van der Waals surface area contributed by atoms with Crippen LogP contribution < -0.4 is 5.32 Å². The van der Waals surface area contributed by atoms with Crippen LogP contribution in [0.4, 0.5) is 4.79 Å². The van der Waals surface area contributed by atoms with Gasteiger partial charge in [0, 0.05) is 54.3 Å². The van der Waals surface area contributed by atoms with Crippen LogP contribution in [0.25, 0.3) is 11.3 Å². The highest BCUT2D eigenvalue weighted by molar-refractivity contribution is 5.98. The Bertz CT molecular complexity index is 862. The molecule has 4 heterocycles. The Morgan fingerprint density at radius 2 is 2.20 bits per heavy atom. The van der Waals surface area contributed by atoms with Gasteiger partial charge in [0.15, 0.2) is 0 Å². The fourth-order valence-electron chi connectivity index (χ4n) is 3.87. The molecule has 1 spiro atoms. The second kappa shape index (κ2) is 5.51. The summed E-state index contributed by atoms with van der Waals surface area (Å²) in [5.74, 6) is -0.271. The Kier molecular flexibility index (Phi) is 3.41. The Hall–Kier alpha value is -3.03. The molecule has 1 atom stereocenters. The number of nitrogens with one attached hydrogen (secondary N) is 2. The van der Waals surface area contributed by atoms with Crippen LogP contribution in [0.15, 0.2) is 24.4 Å². The zero-order valence-corrected chi connectivity index (χ0v) is 13.5. The van der Waals surface area contributed by atoms with E-state index >= 15 is 0 Å². The maximum absolute atomic E-state index is 12.3. The van der Waals surface area contributed by atoms with Crippen molar-refractivity contribution in [2.75, 3.05) is 19.6 Å². The lowest BCUT2D eigenvalue weighted by Gasteiger charge is -2.43. The number of likely N-dealkylation sites (tertiary alicyclic amines) is 1. The number of aromatic nitrogens is 2. The van der Waals surface area contributed by atoms with Crippen LogP contribution in [0.3, 0.4) is 0 Å². The average Bonchev–Trinajstić information content (AvgIpc) is 3.06. The van der Waals surface area contributed by atoms with Crippen LogP contribution in [0.2, 0.25) is 0 Å². The number of fused-ring (bicyclic) bond motifs is 2. The van der Waals surface area contributed by atoms with Crippen molar-refractivity contribution in [3.05, 3.63) is 35.7 Å². The summed E-state index contributed by atoms with van der Waals surface area (Å²) in [6.45, 7) is 1.26. The molecule has 0 aliphatic carbocycles. The third-order valence-corrected chi connectivity index (χ3v) is 5.08. The van der Waals surface area contributed by atoms with Crippen molar-refractivity contribution in [1.29, 1.82) is 0 Å². The topological polar surface area (TPSA) is 119 Å². The number of aromatic hydroxyl groups is 1. The van der Waals surface area contributed by atoms with E-state index in [4.69, 9.17) is 0 Å². The molecule has 8 heteroatoms. The lowest BCUT2D eigenvalue weighted by molar-refractivity contribution is 0.0849. The highest BCUT2D eigenvalue weighted by Gasteiger charge is 2.45. The highest BCUT2D eigenvalue weighted by Crippen LogP contribution is 2.39. The summed E-state index contributed by atoms with van der Waals surface area (Å²) in [6.07, 6.45) is 2.09. The van der Waals surface area contributed by atoms with E-state index in [0.717, 1.165) is 24.1 Å². The molecule has 0 bridgehead atoms. The Balaban J connectivity index is 1.79. The Labute approximate surface area is 143 Å². The number of nitrogens with zero attached hydrogens (tertiary/aromatic N) is 2. The molecule has 8 nitrogen and oxygen atoms in total. The number of H-pyrrole nitrogens is 1. The molecule has 4 N–H and O–H groups in total. The monoisotopic (exact) mass is 342 g/mol. The van der Waals surface area contributed by atoms with E-state index in [0.29, 0.717) is 30.9 Å². The minimum Gasteiger partial charge on any atom is -0.493 e. The summed E-state index contributed by atoms with van der Waals surface area (Å²) in [7, 11) is 0. The van der Waals surface area contributed by atoms with Crippen LogP contribution in [-0.2, 0) is 5.41 Å². The van der Waals surface area contributed by atoms with Crippen molar-refractivity contribution in [3.8, 4) is 17.1 Å². The number of carbonyl (C=O) groups excluding carboxylic acids is 1. The van der Waals surface area contributed by atoms with Gasteiger partial charge in [0.25, 0.3) is 5.91 Å². The molecule has 25 heavy (non-hydrogen) atoms. The third kappa shape index (κ3) is 2.50. The van der Waals surface area contributed by atoms with Gasteiger partial charge in [-0.2, -0.15) is 0 Å². The van der Waals surface area contributed by atoms with Gasteiger partial charge in [0.1, 0.15) is 0 Å². The number of piperidine rings is 1. The number of pyridine rings is 1. The minimum absolute atomic E-state index is 0.0982. The predicted octanol–water partition coefficient (Wildman–Crippen LogP) is 1.54. The normalized spacial score (nSPS) is 22.6. The molecule has 1 saturated heterocycles. The molecule has 4 rings (SSSR count). The maximum atomic E-state index is 12.3. The number of carbonyl (C=O) groups is 2. The van der Waals surface area contributed by atoms with Crippen molar-refractivity contribution < 1.29 is 19.8 Å². The molecule has 1 unspecified atom stereocenters. The summed E-state index contributed by atoms with van der Waals surface area (Å²) < 4.78 is 0. The molecule has 2 aromatic rings. The number of aromatic amines is 1. The second-order valence-electron chi connectivity index (χ2n) is 6.65. The van der Waals surface area contributed by atoms with Crippen molar-refractivity contribution in [1.82, 2.24) is 20.2 Å². The number of carboxylic acid groups (broad SMARTS) is 1. The fraction of sp³-hybridized carbons (Fsp3) is 0.353. The summed E-state index contributed by atoms with van der Waals surface area (Å²) in [5.41, 5.74) is 2.27. The first-order valence-corrected chi connectivity index (χ1v) is 8.13. The molecule has 0 aromatic carbocycles. The van der Waals surface area contributed by atoms with Gasteiger partial charge in [-0.3, -0.25) is 4.79 Å². The van der Waals surface area contributed by atoms with E-state index in [1.165, 1.54) is 17.2 Å². The Morgan fingerprint density at radius 1 is 1.36 bits per heavy atom. The third-order valence-electron chi connectivity index (χ3n) is 5.08. The average molecular weight is 342 g/mol. The van der Waals surface area contributed by atoms with Gasteiger partial charge in [0.2, 0.25) is 5.88 Å². The molecular weight excluding hydrogens is 324 g/mol. The van der Waals surface area contributed by atoms with Crippen molar-refractivity contribution in [3.63, 3.8) is 0 Å². The molecule has 2 amide bonds. The maximum Gasteiger partial charge on any atom is 0.407 e. The van der Waals surface area contributed by atoms with Crippen molar-refractivity contribution in [2.24, 2.45) is 0 Å². The van der Waals surface area contributed by atoms with E-state index in [2.05, 4.69) is 15.3 Å². The largest absolute Gasteiger partial charge is 0.493 e. The lowest BCUT2D eigenvalue weighted by atomic mass is 9.74. The summed E-state index contributed by atoms with van der Waals surface area (Å²) in [4.78, 5) is 32.2.